The third-order valence-electron chi connectivity index (χ3n) is 4.65. The van der Waals surface area contributed by atoms with Crippen LogP contribution in [0.2, 0.25) is 5.02 Å². The second kappa shape index (κ2) is 6.19. The topological polar surface area (TPSA) is 24.3 Å². The van der Waals surface area contributed by atoms with Crippen LogP contribution in [0.15, 0.2) is 36.4 Å². The number of piperazine rings is 1. The van der Waals surface area contributed by atoms with Gasteiger partial charge in [-0.15, -0.1) is 0 Å². The number of hydrogen-bond acceptors (Lipinski definition) is 3. The van der Waals surface area contributed by atoms with Gasteiger partial charge in [-0.25, -0.2) is 13.8 Å². The molecule has 0 spiro atoms. The van der Waals surface area contributed by atoms with Crippen LogP contribution in [0.1, 0.15) is 0 Å². The number of nitrogens with zero attached hydrogens (tertiary/aromatic N) is 4. The van der Waals surface area contributed by atoms with Gasteiger partial charge in [0.15, 0.2) is 5.82 Å². The highest BCUT2D eigenvalue weighted by atomic mass is 35.5. The van der Waals surface area contributed by atoms with Crippen molar-refractivity contribution in [3.05, 3.63) is 53.1 Å². The number of anilines is 2. The maximum atomic E-state index is 14.0. The van der Waals surface area contributed by atoms with Crippen molar-refractivity contribution in [2.24, 2.45) is 7.05 Å². The highest BCUT2D eigenvalue weighted by molar-refractivity contribution is 6.33. The fraction of sp³-hybridized carbons (Fsp3) is 0.278. The predicted octanol–water partition coefficient (Wildman–Crippen LogP) is 3.83. The highest BCUT2D eigenvalue weighted by Crippen LogP contribution is 2.29. The Morgan fingerprint density at radius 1 is 1.00 bits per heavy atom. The van der Waals surface area contributed by atoms with E-state index in [0.29, 0.717) is 10.5 Å². The number of imidazole rings is 1. The largest absolute Gasteiger partial charge is 0.367 e. The summed E-state index contributed by atoms with van der Waals surface area (Å²) in [6.45, 7) is 2.92. The third-order valence-corrected chi connectivity index (χ3v) is 4.95. The Balaban J connectivity index is 1.56. The minimum atomic E-state index is -0.339. The Morgan fingerprint density at radius 2 is 1.72 bits per heavy atom. The summed E-state index contributed by atoms with van der Waals surface area (Å²) in [5.74, 6) is 0.107. The zero-order valence-electron chi connectivity index (χ0n) is 13.7. The first-order chi connectivity index (χ1) is 12.0. The fourth-order valence-corrected chi connectivity index (χ4v) is 3.62. The molecule has 2 aromatic carbocycles. The van der Waals surface area contributed by atoms with Crippen molar-refractivity contribution in [1.29, 1.82) is 0 Å². The van der Waals surface area contributed by atoms with Gasteiger partial charge in [0.25, 0.3) is 0 Å². The molecular weight excluding hydrogens is 346 g/mol. The number of rotatable bonds is 2. The molecule has 1 aromatic heterocycles. The second-order valence-corrected chi connectivity index (χ2v) is 6.56. The summed E-state index contributed by atoms with van der Waals surface area (Å²) < 4.78 is 29.1. The highest BCUT2D eigenvalue weighted by Gasteiger charge is 2.23. The summed E-state index contributed by atoms with van der Waals surface area (Å²) >= 11 is 6.16. The Labute approximate surface area is 149 Å². The predicted molar refractivity (Wildman–Crippen MR) is 96.5 cm³/mol. The molecule has 0 bridgehead atoms. The van der Waals surface area contributed by atoms with Crippen LogP contribution in [0.25, 0.3) is 11.0 Å². The van der Waals surface area contributed by atoms with Gasteiger partial charge in [0, 0.05) is 33.2 Å². The van der Waals surface area contributed by atoms with E-state index in [1.54, 1.807) is 12.1 Å². The second-order valence-electron chi connectivity index (χ2n) is 6.15. The Hall–Kier alpha value is -2.34. The van der Waals surface area contributed by atoms with Crippen molar-refractivity contribution in [3.8, 4) is 0 Å². The van der Waals surface area contributed by atoms with Crippen LogP contribution in [0.3, 0.4) is 0 Å². The molecule has 0 aliphatic carbocycles. The number of para-hydroxylation sites is 1. The summed E-state index contributed by atoms with van der Waals surface area (Å²) in [5, 5.41) is 0.415. The number of fused-ring (bicyclic) bond motifs is 1. The lowest BCUT2D eigenvalue weighted by molar-refractivity contribution is 0.620. The van der Waals surface area contributed by atoms with Gasteiger partial charge >= 0.3 is 0 Å². The number of hydrogen-bond donors (Lipinski definition) is 0. The van der Waals surface area contributed by atoms with Crippen LogP contribution < -0.4 is 9.80 Å². The van der Waals surface area contributed by atoms with E-state index in [1.807, 2.05) is 17.7 Å². The third kappa shape index (κ3) is 2.80. The van der Waals surface area contributed by atoms with E-state index in [1.165, 1.54) is 18.2 Å². The van der Waals surface area contributed by atoms with Gasteiger partial charge in [0.1, 0.15) is 11.3 Å². The van der Waals surface area contributed by atoms with Gasteiger partial charge in [0.05, 0.1) is 16.2 Å². The van der Waals surface area contributed by atoms with E-state index in [0.717, 1.165) is 43.3 Å². The lowest BCUT2D eigenvalue weighted by Crippen LogP contribution is -2.47. The first kappa shape index (κ1) is 16.1. The average molecular weight is 363 g/mol. The molecule has 0 radical (unpaired) electrons. The molecule has 0 unspecified atom stereocenters. The molecule has 2 heterocycles. The van der Waals surface area contributed by atoms with Crippen LogP contribution in [-0.2, 0) is 7.05 Å². The van der Waals surface area contributed by atoms with Crippen molar-refractivity contribution >= 4 is 34.3 Å². The molecule has 1 fully saturated rings. The van der Waals surface area contributed by atoms with Crippen molar-refractivity contribution in [3.63, 3.8) is 0 Å². The van der Waals surface area contributed by atoms with Crippen molar-refractivity contribution < 1.29 is 8.78 Å². The van der Waals surface area contributed by atoms with Gasteiger partial charge in [-0.05, 0) is 30.3 Å². The van der Waals surface area contributed by atoms with Gasteiger partial charge in [-0.2, -0.15) is 0 Å². The monoisotopic (exact) mass is 362 g/mol. The zero-order chi connectivity index (χ0) is 17.6. The molecule has 7 heteroatoms. The number of benzene rings is 2. The minimum absolute atomic E-state index is 0.309. The molecule has 3 aromatic rings. The van der Waals surface area contributed by atoms with Crippen molar-refractivity contribution in [2.45, 2.75) is 0 Å². The summed E-state index contributed by atoms with van der Waals surface area (Å²) in [7, 11) is 1.90. The molecule has 0 amide bonds. The zero-order valence-corrected chi connectivity index (χ0v) is 14.5. The molecule has 1 aliphatic rings. The molecule has 1 aliphatic heterocycles. The van der Waals surface area contributed by atoms with Crippen LogP contribution >= 0.6 is 11.6 Å². The van der Waals surface area contributed by atoms with Gasteiger partial charge in [-0.3, -0.25) is 0 Å². The number of halogens is 3. The van der Waals surface area contributed by atoms with Crippen molar-refractivity contribution in [2.75, 3.05) is 36.0 Å². The van der Waals surface area contributed by atoms with Crippen LogP contribution in [0, 0.1) is 11.6 Å². The molecule has 4 nitrogen and oxygen atoms in total. The van der Waals surface area contributed by atoms with E-state index >= 15 is 0 Å². The lowest BCUT2D eigenvalue weighted by Gasteiger charge is -2.36. The number of aromatic nitrogens is 2. The summed E-state index contributed by atoms with van der Waals surface area (Å²) in [6, 6.07) is 9.44. The Morgan fingerprint density at radius 3 is 2.40 bits per heavy atom. The molecule has 0 saturated carbocycles. The SMILES string of the molecule is Cn1c(N2CCN(c3ccc(F)cc3Cl)CC2)nc2c(F)cccc21. The number of aryl methyl sites for hydroxylation is 1. The van der Waals surface area contributed by atoms with Gasteiger partial charge in [0.2, 0.25) is 5.95 Å². The van der Waals surface area contributed by atoms with Crippen molar-refractivity contribution in [1.82, 2.24) is 9.55 Å². The fourth-order valence-electron chi connectivity index (χ4n) is 3.34. The minimum Gasteiger partial charge on any atom is -0.367 e. The Kier molecular flexibility index (Phi) is 4.00. The summed E-state index contributed by atoms with van der Waals surface area (Å²) in [5.41, 5.74) is 2.00. The summed E-state index contributed by atoms with van der Waals surface area (Å²) in [6.07, 6.45) is 0. The average Bonchev–Trinajstić information content (AvgIpc) is 2.94. The van der Waals surface area contributed by atoms with Crippen LogP contribution in [0.5, 0.6) is 0 Å². The maximum absolute atomic E-state index is 14.0. The Bertz CT molecular complexity index is 932. The first-order valence-electron chi connectivity index (χ1n) is 8.10. The van der Waals surface area contributed by atoms with E-state index < -0.39 is 0 Å². The van der Waals surface area contributed by atoms with Crippen LogP contribution in [-0.4, -0.2) is 35.7 Å². The summed E-state index contributed by atoms with van der Waals surface area (Å²) in [4.78, 5) is 8.74. The molecule has 130 valence electrons. The molecular formula is C18H17ClF2N4. The molecule has 0 N–H and O–H groups in total. The van der Waals surface area contributed by atoms with E-state index in [-0.39, 0.29) is 11.6 Å². The standard InChI is InChI=1S/C18H17ClF2N4/c1-23-16-4-2-3-14(21)17(16)22-18(23)25-9-7-24(8-10-25)15-6-5-12(20)11-13(15)19/h2-6,11H,7-10H2,1H3. The smallest absolute Gasteiger partial charge is 0.206 e. The molecule has 4 rings (SSSR count). The van der Waals surface area contributed by atoms with Gasteiger partial charge in [-0.1, -0.05) is 17.7 Å². The maximum Gasteiger partial charge on any atom is 0.206 e. The lowest BCUT2D eigenvalue weighted by atomic mass is 10.2. The molecule has 25 heavy (non-hydrogen) atoms. The van der Waals surface area contributed by atoms with E-state index in [2.05, 4.69) is 14.8 Å². The molecule has 0 atom stereocenters. The first-order valence-corrected chi connectivity index (χ1v) is 8.48. The quantitative estimate of drug-likeness (QED) is 0.692. The van der Waals surface area contributed by atoms with E-state index in [4.69, 9.17) is 11.6 Å². The normalized spacial score (nSPS) is 15.2. The molecule has 1 saturated heterocycles. The van der Waals surface area contributed by atoms with E-state index in [9.17, 15) is 8.78 Å². The van der Waals surface area contributed by atoms with Gasteiger partial charge < -0.3 is 14.4 Å². The van der Waals surface area contributed by atoms with Crippen LogP contribution in [0.4, 0.5) is 20.4 Å².